The molecule has 1 aromatic rings. The molecule has 0 atom stereocenters. The molecule has 0 nitrogen and oxygen atoms in total. The molecule has 0 saturated heterocycles. The Morgan fingerprint density at radius 1 is 1.42 bits per heavy atom. The van der Waals surface area contributed by atoms with Gasteiger partial charge in [0, 0.05) is 5.33 Å². The van der Waals surface area contributed by atoms with Crippen LogP contribution in [-0.2, 0) is 5.33 Å². The molecule has 2 heteroatoms. The zero-order valence-electron chi connectivity index (χ0n) is 6.69. The Balaban J connectivity index is 2.33. The van der Waals surface area contributed by atoms with Gasteiger partial charge in [-0.05, 0) is 36.0 Å². The summed E-state index contributed by atoms with van der Waals surface area (Å²) in [6.07, 6.45) is 2.54. The van der Waals surface area contributed by atoms with Crippen molar-refractivity contribution in [3.63, 3.8) is 0 Å². The summed E-state index contributed by atoms with van der Waals surface area (Å²) in [5.74, 6) is 0.611. The minimum absolute atomic E-state index is 0.101. The van der Waals surface area contributed by atoms with E-state index in [0.29, 0.717) is 11.2 Å². The van der Waals surface area contributed by atoms with Crippen LogP contribution in [0.2, 0.25) is 0 Å². The van der Waals surface area contributed by atoms with Crippen LogP contribution in [0.4, 0.5) is 4.39 Å². The van der Waals surface area contributed by atoms with E-state index in [4.69, 9.17) is 0 Å². The van der Waals surface area contributed by atoms with Gasteiger partial charge in [-0.15, -0.1) is 0 Å². The van der Waals surface area contributed by atoms with E-state index in [2.05, 4.69) is 15.9 Å². The molecule has 0 radical (unpaired) electrons. The molecule has 64 valence electrons. The first-order valence-electron chi connectivity index (χ1n) is 4.15. The van der Waals surface area contributed by atoms with Crippen LogP contribution in [0.1, 0.15) is 29.9 Å². The van der Waals surface area contributed by atoms with Crippen molar-refractivity contribution in [2.24, 2.45) is 0 Å². The Bertz CT molecular complexity index is 292. The molecule has 0 unspecified atom stereocenters. The third-order valence-corrected chi connectivity index (χ3v) is 2.87. The predicted octanol–water partition coefficient (Wildman–Crippen LogP) is 3.60. The average Bonchev–Trinajstić information content (AvgIpc) is 2.88. The van der Waals surface area contributed by atoms with Gasteiger partial charge in [-0.3, -0.25) is 0 Å². The predicted molar refractivity (Wildman–Crippen MR) is 51.0 cm³/mol. The molecule has 0 bridgehead atoms. The van der Waals surface area contributed by atoms with Gasteiger partial charge < -0.3 is 0 Å². The number of rotatable bonds is 2. The van der Waals surface area contributed by atoms with Crippen molar-refractivity contribution in [3.8, 4) is 0 Å². The van der Waals surface area contributed by atoms with E-state index in [0.717, 1.165) is 5.56 Å². The lowest BCUT2D eigenvalue weighted by atomic mass is 10.1. The van der Waals surface area contributed by atoms with Gasteiger partial charge in [-0.25, -0.2) is 4.39 Å². The van der Waals surface area contributed by atoms with Crippen LogP contribution >= 0.6 is 15.9 Å². The van der Waals surface area contributed by atoms with Gasteiger partial charge in [0.25, 0.3) is 0 Å². The Morgan fingerprint density at radius 3 is 2.75 bits per heavy atom. The highest BCUT2D eigenvalue weighted by Gasteiger charge is 2.23. The Labute approximate surface area is 79.9 Å². The van der Waals surface area contributed by atoms with Crippen LogP contribution in [0, 0.1) is 5.82 Å². The third kappa shape index (κ3) is 1.53. The van der Waals surface area contributed by atoms with Crippen LogP contribution in [-0.4, -0.2) is 0 Å². The van der Waals surface area contributed by atoms with Crippen LogP contribution in [0.3, 0.4) is 0 Å². The molecule has 1 aliphatic rings. The molecule has 0 heterocycles. The summed E-state index contributed by atoms with van der Waals surface area (Å²) >= 11 is 3.27. The Hall–Kier alpha value is -0.370. The van der Waals surface area contributed by atoms with Crippen molar-refractivity contribution in [2.45, 2.75) is 24.1 Å². The van der Waals surface area contributed by atoms with Crippen molar-refractivity contribution < 1.29 is 4.39 Å². The summed E-state index contributed by atoms with van der Waals surface area (Å²) in [6, 6.07) is 5.45. The summed E-state index contributed by atoms with van der Waals surface area (Å²) in [7, 11) is 0. The lowest BCUT2D eigenvalue weighted by Crippen LogP contribution is -1.88. The van der Waals surface area contributed by atoms with Gasteiger partial charge in [0.1, 0.15) is 5.82 Å². The lowest BCUT2D eigenvalue weighted by molar-refractivity contribution is 0.616. The van der Waals surface area contributed by atoms with E-state index in [9.17, 15) is 4.39 Å². The molecular weight excluding hydrogens is 219 g/mol. The zero-order valence-corrected chi connectivity index (χ0v) is 8.27. The number of benzene rings is 1. The molecule has 1 aromatic carbocycles. The van der Waals surface area contributed by atoms with Gasteiger partial charge in [0.15, 0.2) is 0 Å². The molecule has 0 spiro atoms. The zero-order chi connectivity index (χ0) is 8.55. The summed E-state index contributed by atoms with van der Waals surface area (Å²) < 4.78 is 13.0. The molecule has 0 amide bonds. The van der Waals surface area contributed by atoms with Gasteiger partial charge in [0.2, 0.25) is 0 Å². The van der Waals surface area contributed by atoms with Gasteiger partial charge >= 0.3 is 0 Å². The highest BCUT2D eigenvalue weighted by atomic mass is 79.9. The van der Waals surface area contributed by atoms with E-state index in [1.807, 2.05) is 12.1 Å². The van der Waals surface area contributed by atoms with E-state index in [1.165, 1.54) is 18.4 Å². The van der Waals surface area contributed by atoms with E-state index in [1.54, 1.807) is 6.07 Å². The fraction of sp³-hybridized carbons (Fsp3) is 0.400. The summed E-state index contributed by atoms with van der Waals surface area (Å²) in [5.41, 5.74) is 2.07. The minimum Gasteiger partial charge on any atom is -0.207 e. The molecule has 12 heavy (non-hydrogen) atoms. The summed E-state index contributed by atoms with van der Waals surface area (Å²) in [5, 5.41) is 0.611. The summed E-state index contributed by atoms with van der Waals surface area (Å²) in [6.45, 7) is 0. The fourth-order valence-electron chi connectivity index (χ4n) is 1.37. The van der Waals surface area contributed by atoms with Crippen molar-refractivity contribution >= 4 is 15.9 Å². The largest absolute Gasteiger partial charge is 0.207 e. The second-order valence-electron chi connectivity index (χ2n) is 3.26. The van der Waals surface area contributed by atoms with Crippen molar-refractivity contribution in [2.75, 3.05) is 0 Å². The number of hydrogen-bond acceptors (Lipinski definition) is 0. The molecule has 1 aliphatic carbocycles. The first-order chi connectivity index (χ1) is 5.81. The van der Waals surface area contributed by atoms with Crippen molar-refractivity contribution in [1.29, 1.82) is 0 Å². The molecule has 2 rings (SSSR count). The number of hydrogen-bond donors (Lipinski definition) is 0. The monoisotopic (exact) mass is 228 g/mol. The average molecular weight is 229 g/mol. The van der Waals surface area contributed by atoms with E-state index < -0.39 is 0 Å². The highest BCUT2D eigenvalue weighted by Crippen LogP contribution is 2.40. The van der Waals surface area contributed by atoms with Crippen LogP contribution in [0.25, 0.3) is 0 Å². The van der Waals surface area contributed by atoms with Crippen LogP contribution < -0.4 is 0 Å². The second-order valence-corrected chi connectivity index (χ2v) is 3.82. The first kappa shape index (κ1) is 8.24. The normalized spacial score (nSPS) is 16.5. The van der Waals surface area contributed by atoms with Crippen LogP contribution in [0.15, 0.2) is 18.2 Å². The smallest absolute Gasteiger partial charge is 0.127 e. The highest BCUT2D eigenvalue weighted by molar-refractivity contribution is 9.08. The molecule has 1 saturated carbocycles. The Morgan fingerprint density at radius 2 is 2.17 bits per heavy atom. The molecule has 0 N–H and O–H groups in total. The third-order valence-electron chi connectivity index (χ3n) is 2.26. The number of alkyl halides is 1. The molecule has 1 fully saturated rings. The summed E-state index contributed by atoms with van der Waals surface area (Å²) in [4.78, 5) is 0. The van der Waals surface area contributed by atoms with Gasteiger partial charge in [-0.2, -0.15) is 0 Å². The van der Waals surface area contributed by atoms with Gasteiger partial charge in [0.05, 0.1) is 0 Å². The molecule has 0 aliphatic heterocycles. The van der Waals surface area contributed by atoms with Crippen LogP contribution in [0.5, 0.6) is 0 Å². The SMILES string of the molecule is Fc1ccc(C2CC2)cc1CBr. The van der Waals surface area contributed by atoms with Crippen molar-refractivity contribution in [3.05, 3.63) is 35.1 Å². The maximum absolute atomic E-state index is 13.0. The maximum atomic E-state index is 13.0. The molecular formula is C10H10BrF. The van der Waals surface area contributed by atoms with Gasteiger partial charge in [-0.1, -0.05) is 28.1 Å². The molecule has 0 aromatic heterocycles. The Kier molecular flexibility index (Phi) is 2.18. The fourth-order valence-corrected chi connectivity index (χ4v) is 1.80. The number of halogens is 2. The van der Waals surface area contributed by atoms with E-state index >= 15 is 0 Å². The second kappa shape index (κ2) is 3.17. The van der Waals surface area contributed by atoms with Crippen molar-refractivity contribution in [1.82, 2.24) is 0 Å². The lowest BCUT2D eigenvalue weighted by Gasteiger charge is -2.02. The maximum Gasteiger partial charge on any atom is 0.127 e. The standard InChI is InChI=1S/C10H10BrF/c11-6-9-5-8(7-1-2-7)3-4-10(9)12/h3-5,7H,1-2,6H2. The topological polar surface area (TPSA) is 0 Å². The minimum atomic E-state index is -0.101. The van der Waals surface area contributed by atoms with E-state index in [-0.39, 0.29) is 5.82 Å². The first-order valence-corrected chi connectivity index (χ1v) is 5.27. The quantitative estimate of drug-likeness (QED) is 0.679.